The number of nitrogens with zero attached hydrogens (tertiary/aromatic N) is 1. The first-order valence-electron chi connectivity index (χ1n) is 5.59. The molecule has 2 aromatic carbocycles. The number of hydrogen-bond donors (Lipinski definition) is 1. The summed E-state index contributed by atoms with van der Waals surface area (Å²) >= 11 is 14.9. The zero-order chi connectivity index (χ0) is 15.6. The average Bonchev–Trinajstić information content (AvgIpc) is 2.43. The largest absolute Gasteiger partial charge is 0.322 e. The van der Waals surface area contributed by atoms with Crippen molar-refractivity contribution in [1.82, 2.24) is 0 Å². The molecule has 2 rings (SSSR count). The van der Waals surface area contributed by atoms with Crippen molar-refractivity contribution >= 4 is 56.4 Å². The molecule has 108 valence electrons. The van der Waals surface area contributed by atoms with Gasteiger partial charge in [-0.3, -0.25) is 14.9 Å². The van der Waals surface area contributed by atoms with E-state index < -0.39 is 10.8 Å². The Kier molecular flexibility index (Phi) is 4.82. The minimum absolute atomic E-state index is 0.00140. The van der Waals surface area contributed by atoms with Crippen molar-refractivity contribution in [3.05, 3.63) is 66.6 Å². The van der Waals surface area contributed by atoms with Crippen LogP contribution >= 0.6 is 39.1 Å². The Bertz CT molecular complexity index is 737. The second-order valence-electron chi connectivity index (χ2n) is 4.00. The molecule has 0 radical (unpaired) electrons. The van der Waals surface area contributed by atoms with E-state index in [1.165, 1.54) is 18.2 Å². The quantitative estimate of drug-likeness (QED) is 0.598. The highest BCUT2D eigenvalue weighted by atomic mass is 79.9. The lowest BCUT2D eigenvalue weighted by Gasteiger charge is -2.07. The molecule has 1 N–H and O–H groups in total. The van der Waals surface area contributed by atoms with Crippen LogP contribution in [0.4, 0.5) is 11.4 Å². The molecule has 2 aromatic rings. The summed E-state index contributed by atoms with van der Waals surface area (Å²) in [4.78, 5) is 22.3. The summed E-state index contributed by atoms with van der Waals surface area (Å²) in [6.07, 6.45) is 0. The predicted octanol–water partition coefficient (Wildman–Crippen LogP) is 4.92. The highest BCUT2D eigenvalue weighted by Gasteiger charge is 2.16. The van der Waals surface area contributed by atoms with Gasteiger partial charge in [0.25, 0.3) is 11.6 Å². The Labute approximate surface area is 138 Å². The van der Waals surface area contributed by atoms with Gasteiger partial charge in [-0.2, -0.15) is 0 Å². The highest BCUT2D eigenvalue weighted by molar-refractivity contribution is 9.10. The van der Waals surface area contributed by atoms with Crippen LogP contribution in [-0.2, 0) is 0 Å². The van der Waals surface area contributed by atoms with Crippen LogP contribution in [0.15, 0.2) is 40.9 Å². The highest BCUT2D eigenvalue weighted by Crippen LogP contribution is 2.28. The molecular weight excluding hydrogens is 383 g/mol. The van der Waals surface area contributed by atoms with Gasteiger partial charge in [0, 0.05) is 16.2 Å². The normalized spacial score (nSPS) is 10.2. The fraction of sp³-hybridized carbons (Fsp3) is 0. The third-order valence-corrected chi connectivity index (χ3v) is 3.72. The SMILES string of the molecule is O=C(Nc1ccc(Cl)c([N+](=O)[O-])c1)c1cc(Br)ccc1Cl. The van der Waals surface area contributed by atoms with Crippen molar-refractivity contribution < 1.29 is 9.72 Å². The van der Waals surface area contributed by atoms with Crippen LogP contribution in [0.1, 0.15) is 10.4 Å². The first kappa shape index (κ1) is 15.8. The molecule has 0 saturated heterocycles. The summed E-state index contributed by atoms with van der Waals surface area (Å²) < 4.78 is 0.694. The lowest BCUT2D eigenvalue weighted by atomic mass is 10.2. The molecule has 0 aliphatic carbocycles. The van der Waals surface area contributed by atoms with E-state index in [1.807, 2.05) is 0 Å². The molecule has 0 aliphatic rings. The standard InChI is InChI=1S/C13H7BrCl2N2O3/c14-7-1-3-10(15)9(5-7)13(19)17-8-2-4-11(16)12(6-8)18(20)21/h1-6H,(H,17,19). The van der Waals surface area contributed by atoms with Crippen molar-refractivity contribution in [3.8, 4) is 0 Å². The molecular formula is C13H7BrCl2N2O3. The molecule has 0 bridgehead atoms. The number of amides is 1. The number of anilines is 1. The average molecular weight is 390 g/mol. The summed E-state index contributed by atoms with van der Waals surface area (Å²) in [6.45, 7) is 0. The summed E-state index contributed by atoms with van der Waals surface area (Å²) in [7, 11) is 0. The first-order valence-corrected chi connectivity index (χ1v) is 7.13. The smallest absolute Gasteiger partial charge is 0.289 e. The van der Waals surface area contributed by atoms with Gasteiger partial charge in [0.05, 0.1) is 15.5 Å². The molecule has 5 nitrogen and oxygen atoms in total. The summed E-state index contributed by atoms with van der Waals surface area (Å²) in [5.41, 5.74) is 0.227. The minimum Gasteiger partial charge on any atom is -0.322 e. The number of carbonyl (C=O) groups is 1. The molecule has 0 aromatic heterocycles. The minimum atomic E-state index is -0.621. The van der Waals surface area contributed by atoms with Crippen LogP contribution < -0.4 is 5.32 Å². The molecule has 0 heterocycles. The van der Waals surface area contributed by atoms with Crippen molar-refractivity contribution in [3.63, 3.8) is 0 Å². The van der Waals surface area contributed by atoms with Crippen LogP contribution in [0.2, 0.25) is 10.0 Å². The Morgan fingerprint density at radius 2 is 1.81 bits per heavy atom. The van der Waals surface area contributed by atoms with Gasteiger partial charge in [-0.15, -0.1) is 0 Å². The molecule has 0 unspecified atom stereocenters. The topological polar surface area (TPSA) is 72.2 Å². The fourth-order valence-corrected chi connectivity index (χ4v) is 2.35. The second kappa shape index (κ2) is 6.43. The van der Waals surface area contributed by atoms with E-state index in [0.717, 1.165) is 0 Å². The van der Waals surface area contributed by atoms with E-state index in [9.17, 15) is 14.9 Å². The molecule has 8 heteroatoms. The van der Waals surface area contributed by atoms with E-state index in [2.05, 4.69) is 21.2 Å². The maximum absolute atomic E-state index is 12.1. The molecule has 0 atom stereocenters. The molecule has 1 amide bonds. The van der Waals surface area contributed by atoms with Gasteiger partial charge in [-0.25, -0.2) is 0 Å². The van der Waals surface area contributed by atoms with E-state index in [1.54, 1.807) is 18.2 Å². The number of hydrogen-bond acceptors (Lipinski definition) is 3. The van der Waals surface area contributed by atoms with Crippen LogP contribution in [-0.4, -0.2) is 10.8 Å². The maximum Gasteiger partial charge on any atom is 0.289 e. The zero-order valence-electron chi connectivity index (χ0n) is 10.3. The van der Waals surface area contributed by atoms with Crippen LogP contribution in [0.5, 0.6) is 0 Å². The van der Waals surface area contributed by atoms with Crippen LogP contribution in [0, 0.1) is 10.1 Å². The van der Waals surface area contributed by atoms with E-state index in [0.29, 0.717) is 4.47 Å². The predicted molar refractivity (Wildman–Crippen MR) is 85.2 cm³/mol. The Balaban J connectivity index is 2.29. The molecule has 0 fully saturated rings. The van der Waals surface area contributed by atoms with Crippen molar-refractivity contribution in [2.45, 2.75) is 0 Å². The Morgan fingerprint density at radius 3 is 2.48 bits per heavy atom. The van der Waals surface area contributed by atoms with Crippen LogP contribution in [0.3, 0.4) is 0 Å². The van der Waals surface area contributed by atoms with Gasteiger partial charge >= 0.3 is 0 Å². The van der Waals surface area contributed by atoms with E-state index in [-0.39, 0.29) is 27.0 Å². The number of nitrogens with one attached hydrogen (secondary N) is 1. The lowest BCUT2D eigenvalue weighted by Crippen LogP contribution is -2.12. The lowest BCUT2D eigenvalue weighted by molar-refractivity contribution is -0.384. The fourth-order valence-electron chi connectivity index (χ4n) is 1.60. The van der Waals surface area contributed by atoms with Crippen LogP contribution in [0.25, 0.3) is 0 Å². The first-order chi connectivity index (χ1) is 9.88. The second-order valence-corrected chi connectivity index (χ2v) is 5.73. The third-order valence-electron chi connectivity index (χ3n) is 2.57. The zero-order valence-corrected chi connectivity index (χ0v) is 13.4. The Morgan fingerprint density at radius 1 is 1.14 bits per heavy atom. The molecule has 0 saturated carbocycles. The number of carbonyl (C=O) groups excluding carboxylic acids is 1. The third kappa shape index (κ3) is 3.72. The van der Waals surface area contributed by atoms with Gasteiger partial charge < -0.3 is 5.32 Å². The van der Waals surface area contributed by atoms with Gasteiger partial charge in [-0.05, 0) is 30.3 Å². The summed E-state index contributed by atoms with van der Waals surface area (Å²) in [5, 5.41) is 13.6. The number of halogens is 3. The summed E-state index contributed by atoms with van der Waals surface area (Å²) in [6, 6.07) is 8.84. The summed E-state index contributed by atoms with van der Waals surface area (Å²) in [5.74, 6) is -0.474. The molecule has 21 heavy (non-hydrogen) atoms. The monoisotopic (exact) mass is 388 g/mol. The molecule has 0 aliphatic heterocycles. The number of nitro groups is 1. The van der Waals surface area contributed by atoms with Gasteiger partial charge in [-0.1, -0.05) is 39.1 Å². The van der Waals surface area contributed by atoms with Gasteiger partial charge in [0.2, 0.25) is 0 Å². The van der Waals surface area contributed by atoms with E-state index in [4.69, 9.17) is 23.2 Å². The molecule has 0 spiro atoms. The number of nitro benzene ring substituents is 1. The number of rotatable bonds is 3. The van der Waals surface area contributed by atoms with Crippen molar-refractivity contribution in [2.24, 2.45) is 0 Å². The van der Waals surface area contributed by atoms with Gasteiger partial charge in [0.15, 0.2) is 0 Å². The van der Waals surface area contributed by atoms with Crippen molar-refractivity contribution in [2.75, 3.05) is 5.32 Å². The van der Waals surface area contributed by atoms with E-state index >= 15 is 0 Å². The number of benzene rings is 2. The van der Waals surface area contributed by atoms with Gasteiger partial charge in [0.1, 0.15) is 5.02 Å². The maximum atomic E-state index is 12.1. The van der Waals surface area contributed by atoms with Crippen molar-refractivity contribution in [1.29, 1.82) is 0 Å². The Hall–Kier alpha value is -1.63.